The molecule has 116 valence electrons. The van der Waals surface area contributed by atoms with Crippen molar-refractivity contribution in [2.24, 2.45) is 0 Å². The van der Waals surface area contributed by atoms with E-state index in [2.05, 4.69) is 20.8 Å². The molecular formula is C16H17BrN2O2S. The van der Waals surface area contributed by atoms with Crippen LogP contribution in [0.15, 0.2) is 57.9 Å². The fourth-order valence-electron chi connectivity index (χ4n) is 2.69. The Balaban J connectivity index is 2.13. The lowest BCUT2D eigenvalue weighted by Gasteiger charge is -2.25. The zero-order valence-corrected chi connectivity index (χ0v) is 14.6. The van der Waals surface area contributed by atoms with Crippen LogP contribution < -0.4 is 9.21 Å². The largest absolute Gasteiger partial charge is 0.373 e. The molecule has 0 atom stereocenters. The van der Waals surface area contributed by atoms with E-state index in [0.29, 0.717) is 11.4 Å². The molecule has 6 heteroatoms. The molecule has 0 saturated heterocycles. The first kappa shape index (κ1) is 15.4. The SMILES string of the molecule is CN1CCCN(S(=O)(=O)c2cccc(Br)c2)c2ccccc21. The van der Waals surface area contributed by atoms with E-state index in [4.69, 9.17) is 0 Å². The summed E-state index contributed by atoms with van der Waals surface area (Å²) in [4.78, 5) is 2.41. The van der Waals surface area contributed by atoms with Gasteiger partial charge in [-0.1, -0.05) is 34.1 Å². The lowest BCUT2D eigenvalue weighted by molar-refractivity contribution is 0.590. The van der Waals surface area contributed by atoms with E-state index in [9.17, 15) is 8.42 Å². The molecule has 22 heavy (non-hydrogen) atoms. The summed E-state index contributed by atoms with van der Waals surface area (Å²) in [5.41, 5.74) is 1.68. The molecule has 0 aliphatic carbocycles. The molecule has 0 bridgehead atoms. The maximum Gasteiger partial charge on any atom is 0.264 e. The average molecular weight is 381 g/mol. The molecule has 0 saturated carbocycles. The normalized spacial score (nSPS) is 15.4. The number of nitrogens with zero attached hydrogens (tertiary/aromatic N) is 2. The summed E-state index contributed by atoms with van der Waals surface area (Å²) in [6.45, 7) is 1.32. The number of halogens is 1. The third-order valence-corrected chi connectivity index (χ3v) is 6.10. The summed E-state index contributed by atoms with van der Waals surface area (Å²) in [7, 11) is -1.57. The van der Waals surface area contributed by atoms with Crippen LogP contribution in [0.2, 0.25) is 0 Å². The van der Waals surface area contributed by atoms with Gasteiger partial charge in [-0.3, -0.25) is 4.31 Å². The van der Waals surface area contributed by atoms with Gasteiger partial charge in [0, 0.05) is 24.6 Å². The number of anilines is 2. The predicted molar refractivity (Wildman–Crippen MR) is 93.0 cm³/mol. The van der Waals surface area contributed by atoms with Crippen LogP contribution in [0.25, 0.3) is 0 Å². The zero-order valence-electron chi connectivity index (χ0n) is 12.2. The molecule has 0 spiro atoms. The summed E-state index contributed by atoms with van der Waals surface area (Å²) in [6.07, 6.45) is 0.790. The average Bonchev–Trinajstić information content (AvgIpc) is 2.67. The molecule has 0 unspecified atom stereocenters. The van der Waals surface area contributed by atoms with Crippen LogP contribution in [0.3, 0.4) is 0 Å². The molecule has 0 N–H and O–H groups in total. The summed E-state index contributed by atoms with van der Waals surface area (Å²) in [6, 6.07) is 14.5. The fourth-order valence-corrected chi connectivity index (χ4v) is 4.81. The van der Waals surface area contributed by atoms with Gasteiger partial charge in [0.15, 0.2) is 0 Å². The maximum absolute atomic E-state index is 13.0. The van der Waals surface area contributed by atoms with E-state index >= 15 is 0 Å². The van der Waals surface area contributed by atoms with Crippen molar-refractivity contribution in [1.82, 2.24) is 0 Å². The summed E-state index contributed by atoms with van der Waals surface area (Å²) >= 11 is 3.34. The van der Waals surface area contributed by atoms with Crippen molar-refractivity contribution < 1.29 is 8.42 Å². The van der Waals surface area contributed by atoms with Gasteiger partial charge in [-0.05, 0) is 36.8 Å². The van der Waals surface area contributed by atoms with Gasteiger partial charge in [-0.15, -0.1) is 0 Å². The molecule has 1 heterocycles. The molecule has 2 aromatic carbocycles. The number of hydrogen-bond acceptors (Lipinski definition) is 3. The van der Waals surface area contributed by atoms with Crippen LogP contribution in [0.5, 0.6) is 0 Å². The van der Waals surface area contributed by atoms with Crippen LogP contribution in [0.1, 0.15) is 6.42 Å². The van der Waals surface area contributed by atoms with E-state index in [1.165, 1.54) is 4.31 Å². The second kappa shape index (κ2) is 5.93. The van der Waals surface area contributed by atoms with Gasteiger partial charge in [0.05, 0.1) is 16.3 Å². The number of hydrogen-bond donors (Lipinski definition) is 0. The molecule has 1 aliphatic heterocycles. The van der Waals surface area contributed by atoms with Gasteiger partial charge in [0.2, 0.25) is 0 Å². The Kier molecular flexibility index (Phi) is 4.14. The van der Waals surface area contributed by atoms with Crippen molar-refractivity contribution in [3.05, 3.63) is 53.0 Å². The van der Waals surface area contributed by atoms with Crippen molar-refractivity contribution in [2.45, 2.75) is 11.3 Å². The Morgan fingerprint density at radius 2 is 1.73 bits per heavy atom. The van der Waals surface area contributed by atoms with Gasteiger partial charge >= 0.3 is 0 Å². The molecule has 4 nitrogen and oxygen atoms in total. The second-order valence-electron chi connectivity index (χ2n) is 5.30. The number of benzene rings is 2. The first-order valence-corrected chi connectivity index (χ1v) is 9.32. The minimum Gasteiger partial charge on any atom is -0.373 e. The fraction of sp³-hybridized carbons (Fsp3) is 0.250. The van der Waals surface area contributed by atoms with E-state index < -0.39 is 10.0 Å². The van der Waals surface area contributed by atoms with Crippen molar-refractivity contribution in [1.29, 1.82) is 0 Å². The molecule has 2 aromatic rings. The summed E-state index contributed by atoms with van der Waals surface area (Å²) in [5.74, 6) is 0. The second-order valence-corrected chi connectivity index (χ2v) is 8.08. The Morgan fingerprint density at radius 3 is 2.45 bits per heavy atom. The van der Waals surface area contributed by atoms with Crippen LogP contribution in [0.4, 0.5) is 11.4 Å². The number of fused-ring (bicyclic) bond motifs is 1. The minimum atomic E-state index is -3.57. The zero-order chi connectivity index (χ0) is 15.7. The minimum absolute atomic E-state index is 0.307. The van der Waals surface area contributed by atoms with E-state index in [1.54, 1.807) is 18.2 Å². The molecule has 0 aromatic heterocycles. The lowest BCUT2D eigenvalue weighted by Crippen LogP contribution is -2.31. The monoisotopic (exact) mass is 380 g/mol. The number of para-hydroxylation sites is 2. The molecule has 0 fully saturated rings. The van der Waals surface area contributed by atoms with E-state index in [-0.39, 0.29) is 0 Å². The van der Waals surface area contributed by atoms with Crippen molar-refractivity contribution in [3.8, 4) is 0 Å². The highest BCUT2D eigenvalue weighted by molar-refractivity contribution is 9.10. The maximum atomic E-state index is 13.0. The topological polar surface area (TPSA) is 40.6 Å². The van der Waals surface area contributed by atoms with Crippen molar-refractivity contribution in [2.75, 3.05) is 29.3 Å². The Bertz CT molecular complexity index is 792. The lowest BCUT2D eigenvalue weighted by atomic mass is 10.2. The van der Waals surface area contributed by atoms with Crippen molar-refractivity contribution in [3.63, 3.8) is 0 Å². The first-order valence-electron chi connectivity index (χ1n) is 7.08. The number of rotatable bonds is 2. The van der Waals surface area contributed by atoms with Gasteiger partial charge < -0.3 is 4.90 Å². The molecule has 0 radical (unpaired) electrons. The van der Waals surface area contributed by atoms with E-state index in [1.807, 2.05) is 37.4 Å². The van der Waals surface area contributed by atoms with Gasteiger partial charge in [0.1, 0.15) is 0 Å². The molecule has 3 rings (SSSR count). The molecular weight excluding hydrogens is 364 g/mol. The van der Waals surface area contributed by atoms with Gasteiger partial charge in [-0.25, -0.2) is 8.42 Å². The quantitative estimate of drug-likeness (QED) is 0.800. The van der Waals surface area contributed by atoms with Crippen LogP contribution >= 0.6 is 15.9 Å². The standard InChI is InChI=1S/C16H17BrN2O2S/c1-18-10-5-11-19(16-9-3-2-8-15(16)18)22(20,21)14-7-4-6-13(17)12-14/h2-4,6-9,12H,5,10-11H2,1H3. The van der Waals surface area contributed by atoms with Crippen molar-refractivity contribution >= 4 is 37.3 Å². The third kappa shape index (κ3) is 2.73. The van der Waals surface area contributed by atoms with Crippen LogP contribution in [0, 0.1) is 0 Å². The smallest absolute Gasteiger partial charge is 0.264 e. The summed E-state index contributed by atoms with van der Waals surface area (Å²) in [5, 5.41) is 0. The highest BCUT2D eigenvalue weighted by atomic mass is 79.9. The number of sulfonamides is 1. The van der Waals surface area contributed by atoms with Crippen LogP contribution in [-0.2, 0) is 10.0 Å². The Morgan fingerprint density at radius 1 is 1.00 bits per heavy atom. The Labute approximate surface area is 139 Å². The third-order valence-electron chi connectivity index (χ3n) is 3.80. The summed E-state index contributed by atoms with van der Waals surface area (Å²) < 4.78 is 28.4. The van der Waals surface area contributed by atoms with Gasteiger partial charge in [0.25, 0.3) is 10.0 Å². The van der Waals surface area contributed by atoms with Gasteiger partial charge in [-0.2, -0.15) is 0 Å². The Hall–Kier alpha value is -1.53. The highest BCUT2D eigenvalue weighted by Gasteiger charge is 2.29. The predicted octanol–water partition coefficient (Wildman–Crippen LogP) is 3.48. The van der Waals surface area contributed by atoms with E-state index in [0.717, 1.165) is 28.8 Å². The molecule has 1 aliphatic rings. The molecule has 0 amide bonds. The highest BCUT2D eigenvalue weighted by Crippen LogP contribution is 2.35. The van der Waals surface area contributed by atoms with Crippen LogP contribution in [-0.4, -0.2) is 28.6 Å². The first-order chi connectivity index (χ1) is 10.5.